The van der Waals surface area contributed by atoms with Crippen molar-refractivity contribution >= 4 is 23.9 Å². The van der Waals surface area contributed by atoms with Crippen LogP contribution in [-0.4, -0.2) is 70.8 Å². The lowest BCUT2D eigenvalue weighted by Gasteiger charge is -2.37. The summed E-state index contributed by atoms with van der Waals surface area (Å²) in [4.78, 5) is 54.2. The fourth-order valence-electron chi connectivity index (χ4n) is 5.66. The monoisotopic (exact) mass is 629 g/mol. The van der Waals surface area contributed by atoms with Gasteiger partial charge in [0.25, 0.3) is 0 Å². The van der Waals surface area contributed by atoms with E-state index in [9.17, 15) is 24.3 Å². The number of nitrogens with zero attached hydrogens (tertiary/aromatic N) is 1. The molecule has 0 saturated heterocycles. The van der Waals surface area contributed by atoms with Crippen LogP contribution in [0.3, 0.4) is 0 Å². The Kier molecular flexibility index (Phi) is 10.8. The van der Waals surface area contributed by atoms with Crippen molar-refractivity contribution in [2.75, 3.05) is 13.2 Å². The first-order valence-corrected chi connectivity index (χ1v) is 15.4. The average Bonchev–Trinajstić information content (AvgIpc) is 3.35. The molecule has 244 valence electrons. The van der Waals surface area contributed by atoms with Crippen molar-refractivity contribution in [3.63, 3.8) is 0 Å². The van der Waals surface area contributed by atoms with E-state index in [2.05, 4.69) is 10.6 Å². The summed E-state index contributed by atoms with van der Waals surface area (Å²) in [6.07, 6.45) is -0.793. The smallest absolute Gasteiger partial charge is 0.407 e. The van der Waals surface area contributed by atoms with Crippen LogP contribution in [0.5, 0.6) is 0 Å². The number of aliphatic hydroxyl groups is 1. The summed E-state index contributed by atoms with van der Waals surface area (Å²) >= 11 is 0. The molecule has 1 aliphatic carbocycles. The van der Waals surface area contributed by atoms with E-state index in [1.54, 1.807) is 51.1 Å². The SMILES string of the molecule is C[C@H](NC(=O)[C@@H](C)N(C(=O)[C@H](C)NC(=O)OCC1c2ccccc2-c2ccccc21)[C@H](CO)c1ccccc1)C(=O)OC(C)(C)C. The summed E-state index contributed by atoms with van der Waals surface area (Å²) in [6, 6.07) is 20.6. The van der Waals surface area contributed by atoms with Gasteiger partial charge in [0.05, 0.1) is 12.6 Å². The summed E-state index contributed by atoms with van der Waals surface area (Å²) in [5.74, 6) is -2.04. The zero-order valence-electron chi connectivity index (χ0n) is 27.2. The number of ether oxygens (including phenoxy) is 2. The van der Waals surface area contributed by atoms with E-state index in [1.807, 2.05) is 48.5 Å². The second kappa shape index (κ2) is 14.6. The van der Waals surface area contributed by atoms with Crippen LogP contribution in [0.25, 0.3) is 11.1 Å². The van der Waals surface area contributed by atoms with Gasteiger partial charge in [-0.1, -0.05) is 78.9 Å². The first-order chi connectivity index (χ1) is 21.8. The highest BCUT2D eigenvalue weighted by atomic mass is 16.6. The van der Waals surface area contributed by atoms with Crippen LogP contribution < -0.4 is 10.6 Å². The van der Waals surface area contributed by atoms with Gasteiger partial charge in [0.1, 0.15) is 30.3 Å². The molecular formula is C36H43N3O7. The lowest BCUT2D eigenvalue weighted by atomic mass is 9.98. The first kappa shape index (κ1) is 34.2. The predicted octanol–water partition coefficient (Wildman–Crippen LogP) is 4.71. The molecule has 4 atom stereocenters. The van der Waals surface area contributed by atoms with E-state index in [-0.39, 0.29) is 12.5 Å². The van der Waals surface area contributed by atoms with Crippen molar-refractivity contribution < 1.29 is 33.8 Å². The third kappa shape index (κ3) is 7.92. The molecule has 10 nitrogen and oxygen atoms in total. The summed E-state index contributed by atoms with van der Waals surface area (Å²) in [7, 11) is 0. The van der Waals surface area contributed by atoms with Gasteiger partial charge < -0.3 is 30.1 Å². The molecule has 3 amide bonds. The maximum Gasteiger partial charge on any atom is 0.407 e. The minimum Gasteiger partial charge on any atom is -0.458 e. The number of fused-ring (bicyclic) bond motifs is 3. The Hall–Kier alpha value is -4.70. The van der Waals surface area contributed by atoms with Gasteiger partial charge in [0.2, 0.25) is 11.8 Å². The minimum atomic E-state index is -1.14. The van der Waals surface area contributed by atoms with Crippen LogP contribution in [-0.2, 0) is 23.9 Å². The highest BCUT2D eigenvalue weighted by Gasteiger charge is 2.37. The third-order valence-corrected chi connectivity index (χ3v) is 7.91. The molecule has 0 saturated carbocycles. The summed E-state index contributed by atoms with van der Waals surface area (Å²) < 4.78 is 11.0. The second-order valence-corrected chi connectivity index (χ2v) is 12.5. The number of alkyl carbamates (subject to hydrolysis) is 1. The topological polar surface area (TPSA) is 134 Å². The first-order valence-electron chi connectivity index (χ1n) is 15.4. The molecule has 0 unspecified atom stereocenters. The minimum absolute atomic E-state index is 0.0646. The van der Waals surface area contributed by atoms with Crippen LogP contribution in [0.2, 0.25) is 0 Å². The van der Waals surface area contributed by atoms with Gasteiger partial charge in [-0.05, 0) is 69.4 Å². The number of hydrogen-bond donors (Lipinski definition) is 3. The van der Waals surface area contributed by atoms with Gasteiger partial charge in [0.15, 0.2) is 0 Å². The molecule has 1 aliphatic rings. The summed E-state index contributed by atoms with van der Waals surface area (Å²) in [5.41, 5.74) is 4.14. The highest BCUT2D eigenvalue weighted by Crippen LogP contribution is 2.44. The zero-order chi connectivity index (χ0) is 33.6. The summed E-state index contributed by atoms with van der Waals surface area (Å²) in [5, 5.41) is 15.7. The number of aliphatic hydroxyl groups excluding tert-OH is 1. The predicted molar refractivity (Wildman–Crippen MR) is 174 cm³/mol. The van der Waals surface area contributed by atoms with Crippen molar-refractivity contribution in [1.82, 2.24) is 15.5 Å². The van der Waals surface area contributed by atoms with Crippen molar-refractivity contribution in [3.05, 3.63) is 95.6 Å². The fraction of sp³-hybridized carbons (Fsp3) is 0.389. The molecule has 0 aliphatic heterocycles. The van der Waals surface area contributed by atoms with Gasteiger partial charge in [-0.25, -0.2) is 9.59 Å². The molecule has 0 radical (unpaired) electrons. The third-order valence-electron chi connectivity index (χ3n) is 7.91. The Labute approximate surface area is 270 Å². The summed E-state index contributed by atoms with van der Waals surface area (Å²) in [6.45, 7) is 9.22. The Morgan fingerprint density at radius 3 is 1.89 bits per heavy atom. The van der Waals surface area contributed by atoms with Gasteiger partial charge in [-0.2, -0.15) is 0 Å². The molecule has 10 heteroatoms. The zero-order valence-corrected chi connectivity index (χ0v) is 27.2. The normalized spacial score (nSPS) is 14.9. The Morgan fingerprint density at radius 1 is 0.804 bits per heavy atom. The van der Waals surface area contributed by atoms with Crippen molar-refractivity contribution in [3.8, 4) is 11.1 Å². The van der Waals surface area contributed by atoms with Gasteiger partial charge >= 0.3 is 12.1 Å². The van der Waals surface area contributed by atoms with Crippen LogP contribution in [0.1, 0.15) is 70.2 Å². The Balaban J connectivity index is 1.48. The molecule has 46 heavy (non-hydrogen) atoms. The van der Waals surface area contributed by atoms with E-state index in [0.29, 0.717) is 5.56 Å². The van der Waals surface area contributed by atoms with E-state index >= 15 is 0 Å². The number of amides is 3. The number of nitrogens with one attached hydrogen (secondary N) is 2. The van der Waals surface area contributed by atoms with Crippen LogP contribution >= 0.6 is 0 Å². The molecule has 0 spiro atoms. The number of rotatable bonds is 11. The van der Waals surface area contributed by atoms with Crippen LogP contribution in [0, 0.1) is 0 Å². The maximum atomic E-state index is 14.0. The molecule has 0 heterocycles. The van der Waals surface area contributed by atoms with Gasteiger partial charge in [-0.15, -0.1) is 0 Å². The molecule has 0 aromatic heterocycles. The van der Waals surface area contributed by atoms with Crippen LogP contribution in [0.15, 0.2) is 78.9 Å². The second-order valence-electron chi connectivity index (χ2n) is 12.5. The number of esters is 1. The standard InChI is InChI=1S/C36H43N3O7/c1-22(38-35(44)45-21-30-28-18-12-10-16-26(28)27-17-11-13-19-29(27)30)33(42)39(31(20-40)25-14-8-7-9-15-25)24(3)32(41)37-23(2)34(43)46-36(4,5)6/h7-19,22-24,30-31,40H,20-21H2,1-6H3,(H,37,41)(H,38,44)/t22-,23-,24+,31+/m0/s1. The molecule has 4 rings (SSSR count). The maximum absolute atomic E-state index is 14.0. The van der Waals surface area contributed by atoms with E-state index < -0.39 is 60.3 Å². The number of carbonyl (C=O) groups is 4. The Morgan fingerprint density at radius 2 is 1.35 bits per heavy atom. The largest absolute Gasteiger partial charge is 0.458 e. The van der Waals surface area contributed by atoms with Crippen LogP contribution in [0.4, 0.5) is 4.79 Å². The van der Waals surface area contributed by atoms with Gasteiger partial charge in [0, 0.05) is 5.92 Å². The quantitative estimate of drug-likeness (QED) is 0.262. The average molecular weight is 630 g/mol. The lowest BCUT2D eigenvalue weighted by Crippen LogP contribution is -2.57. The highest BCUT2D eigenvalue weighted by molar-refractivity contribution is 5.93. The van der Waals surface area contributed by atoms with Crippen molar-refractivity contribution in [2.45, 2.75) is 77.2 Å². The fourth-order valence-corrected chi connectivity index (χ4v) is 5.66. The number of benzene rings is 3. The van der Waals surface area contributed by atoms with E-state index in [4.69, 9.17) is 9.47 Å². The molecule has 0 bridgehead atoms. The molecular weight excluding hydrogens is 586 g/mol. The Bertz CT molecular complexity index is 1510. The molecule has 3 N–H and O–H groups in total. The van der Waals surface area contributed by atoms with E-state index in [0.717, 1.165) is 22.3 Å². The van der Waals surface area contributed by atoms with Crippen molar-refractivity contribution in [1.29, 1.82) is 0 Å². The number of hydrogen-bond acceptors (Lipinski definition) is 7. The van der Waals surface area contributed by atoms with Gasteiger partial charge in [-0.3, -0.25) is 9.59 Å². The lowest BCUT2D eigenvalue weighted by molar-refractivity contribution is -0.158. The molecule has 0 fully saturated rings. The number of carbonyl (C=O) groups excluding carboxylic acids is 4. The molecule has 3 aromatic carbocycles. The van der Waals surface area contributed by atoms with E-state index in [1.165, 1.54) is 25.7 Å². The molecule has 3 aromatic rings. The van der Waals surface area contributed by atoms with Crippen molar-refractivity contribution in [2.24, 2.45) is 0 Å².